The fourth-order valence-corrected chi connectivity index (χ4v) is 3.49. The molecule has 3 rings (SSSR count). The van der Waals surface area contributed by atoms with E-state index in [2.05, 4.69) is 9.89 Å². The number of fused-ring (bicyclic) bond motifs is 2. The fraction of sp³-hybridized carbons (Fsp3) is 0.667. The van der Waals surface area contributed by atoms with Gasteiger partial charge in [0.15, 0.2) is 5.17 Å². The van der Waals surface area contributed by atoms with E-state index in [-0.39, 0.29) is 6.04 Å². The Balaban J connectivity index is 1.98. The SMILES string of the molecule is NC1CCCC2=C1SC1=NCCN12. The minimum absolute atomic E-state index is 0.280. The number of allylic oxidation sites excluding steroid dienone is 1. The molecule has 3 aliphatic rings. The van der Waals surface area contributed by atoms with Gasteiger partial charge in [-0.15, -0.1) is 0 Å². The first-order valence-corrected chi connectivity index (χ1v) is 5.66. The molecule has 0 amide bonds. The van der Waals surface area contributed by atoms with E-state index in [9.17, 15) is 0 Å². The third-order valence-corrected chi connectivity index (χ3v) is 4.17. The first kappa shape index (κ1) is 7.88. The van der Waals surface area contributed by atoms with Crippen LogP contribution in [0.5, 0.6) is 0 Å². The predicted octanol–water partition coefficient (Wildman–Crippen LogP) is 1.13. The van der Waals surface area contributed by atoms with Gasteiger partial charge in [0.25, 0.3) is 0 Å². The van der Waals surface area contributed by atoms with Crippen LogP contribution in [0.25, 0.3) is 0 Å². The second kappa shape index (κ2) is 2.75. The number of hydrogen-bond donors (Lipinski definition) is 1. The monoisotopic (exact) mass is 195 g/mol. The normalized spacial score (nSPS) is 31.9. The number of rotatable bonds is 0. The summed E-state index contributed by atoms with van der Waals surface area (Å²) in [6.07, 6.45) is 3.59. The molecule has 13 heavy (non-hydrogen) atoms. The average Bonchev–Trinajstić information content (AvgIpc) is 2.65. The minimum atomic E-state index is 0.280. The summed E-state index contributed by atoms with van der Waals surface area (Å²) in [6, 6.07) is 0.280. The van der Waals surface area contributed by atoms with Crippen LogP contribution in [0.2, 0.25) is 0 Å². The van der Waals surface area contributed by atoms with Gasteiger partial charge < -0.3 is 10.6 Å². The van der Waals surface area contributed by atoms with Crippen molar-refractivity contribution in [3.63, 3.8) is 0 Å². The van der Waals surface area contributed by atoms with Gasteiger partial charge in [-0.25, -0.2) is 0 Å². The Morgan fingerprint density at radius 1 is 1.54 bits per heavy atom. The number of amidine groups is 1. The summed E-state index contributed by atoms with van der Waals surface area (Å²) >= 11 is 1.80. The lowest BCUT2D eigenvalue weighted by molar-refractivity contribution is 0.491. The van der Waals surface area contributed by atoms with Crippen molar-refractivity contribution in [3.8, 4) is 0 Å². The molecular weight excluding hydrogens is 182 g/mol. The van der Waals surface area contributed by atoms with E-state index in [0.717, 1.165) is 19.5 Å². The average molecular weight is 195 g/mol. The zero-order valence-electron chi connectivity index (χ0n) is 7.49. The van der Waals surface area contributed by atoms with Crippen molar-refractivity contribution >= 4 is 16.9 Å². The lowest BCUT2D eigenvalue weighted by Gasteiger charge is -2.23. The first-order chi connectivity index (χ1) is 6.36. The Morgan fingerprint density at radius 2 is 2.46 bits per heavy atom. The fourth-order valence-electron chi connectivity index (χ4n) is 2.22. The number of hydrogen-bond acceptors (Lipinski definition) is 4. The summed E-state index contributed by atoms with van der Waals surface area (Å²) < 4.78 is 0. The maximum atomic E-state index is 6.06. The smallest absolute Gasteiger partial charge is 0.168 e. The van der Waals surface area contributed by atoms with Crippen molar-refractivity contribution in [1.82, 2.24) is 4.90 Å². The van der Waals surface area contributed by atoms with Gasteiger partial charge >= 0.3 is 0 Å². The van der Waals surface area contributed by atoms with Gasteiger partial charge in [0.2, 0.25) is 0 Å². The highest BCUT2D eigenvalue weighted by Gasteiger charge is 2.35. The van der Waals surface area contributed by atoms with Crippen LogP contribution in [0, 0.1) is 0 Å². The van der Waals surface area contributed by atoms with Crippen LogP contribution >= 0.6 is 11.8 Å². The molecular formula is C9H13N3S. The maximum absolute atomic E-state index is 6.06. The van der Waals surface area contributed by atoms with Crippen LogP contribution in [0.1, 0.15) is 19.3 Å². The van der Waals surface area contributed by atoms with Crippen molar-refractivity contribution in [2.24, 2.45) is 10.7 Å². The summed E-state index contributed by atoms with van der Waals surface area (Å²) in [4.78, 5) is 8.22. The highest BCUT2D eigenvalue weighted by atomic mass is 32.2. The van der Waals surface area contributed by atoms with Gasteiger partial charge in [-0.05, 0) is 19.3 Å². The Kier molecular flexibility index (Phi) is 1.67. The standard InChI is InChI=1S/C9H13N3S/c10-6-2-1-3-7-8(6)13-9-11-4-5-12(7)9/h6H,1-5,10H2. The van der Waals surface area contributed by atoms with E-state index >= 15 is 0 Å². The molecule has 0 aromatic rings. The van der Waals surface area contributed by atoms with Crippen molar-refractivity contribution in [2.45, 2.75) is 25.3 Å². The Bertz CT molecular complexity index is 308. The molecule has 70 valence electrons. The molecule has 2 aliphatic heterocycles. The molecule has 1 aliphatic carbocycles. The summed E-state index contributed by atoms with van der Waals surface area (Å²) in [5, 5.41) is 1.20. The largest absolute Gasteiger partial charge is 0.323 e. The van der Waals surface area contributed by atoms with E-state index < -0.39 is 0 Å². The van der Waals surface area contributed by atoms with Crippen molar-refractivity contribution in [2.75, 3.05) is 13.1 Å². The first-order valence-electron chi connectivity index (χ1n) is 4.85. The topological polar surface area (TPSA) is 41.6 Å². The molecule has 0 saturated carbocycles. The van der Waals surface area contributed by atoms with Crippen molar-refractivity contribution < 1.29 is 0 Å². The van der Waals surface area contributed by atoms with Crippen molar-refractivity contribution in [3.05, 3.63) is 10.6 Å². The second-order valence-corrected chi connectivity index (χ2v) is 4.74. The lowest BCUT2D eigenvalue weighted by Crippen LogP contribution is -2.27. The van der Waals surface area contributed by atoms with Crippen LogP contribution in [-0.4, -0.2) is 29.2 Å². The third-order valence-electron chi connectivity index (χ3n) is 2.88. The van der Waals surface area contributed by atoms with Gasteiger partial charge in [0, 0.05) is 23.2 Å². The number of thioether (sulfide) groups is 1. The van der Waals surface area contributed by atoms with Gasteiger partial charge in [-0.3, -0.25) is 4.99 Å². The zero-order chi connectivity index (χ0) is 8.84. The third kappa shape index (κ3) is 1.05. The molecule has 0 radical (unpaired) electrons. The van der Waals surface area contributed by atoms with E-state index in [1.807, 2.05) is 0 Å². The summed E-state index contributed by atoms with van der Waals surface area (Å²) in [6.45, 7) is 2.04. The lowest BCUT2D eigenvalue weighted by atomic mass is 10.00. The molecule has 0 spiro atoms. The summed E-state index contributed by atoms with van der Waals surface area (Å²) in [5.74, 6) is 0. The van der Waals surface area contributed by atoms with Gasteiger partial charge in [-0.2, -0.15) is 0 Å². The molecule has 1 unspecified atom stereocenters. The van der Waals surface area contributed by atoms with Crippen LogP contribution in [0.3, 0.4) is 0 Å². The predicted molar refractivity (Wildman–Crippen MR) is 55.5 cm³/mol. The molecule has 0 aromatic heterocycles. The van der Waals surface area contributed by atoms with Crippen LogP contribution in [0.4, 0.5) is 0 Å². The molecule has 2 heterocycles. The summed E-state index contributed by atoms with van der Waals surface area (Å²) in [5.41, 5.74) is 7.54. The van der Waals surface area contributed by atoms with E-state index in [1.54, 1.807) is 11.8 Å². The highest BCUT2D eigenvalue weighted by molar-refractivity contribution is 8.17. The Hall–Kier alpha value is -0.480. The number of nitrogens with two attached hydrogens (primary N) is 1. The molecule has 3 nitrogen and oxygen atoms in total. The quantitative estimate of drug-likeness (QED) is 0.630. The number of nitrogens with zero attached hydrogens (tertiary/aromatic N) is 2. The molecule has 0 bridgehead atoms. The zero-order valence-corrected chi connectivity index (χ0v) is 8.31. The second-order valence-electron chi connectivity index (χ2n) is 3.73. The highest BCUT2D eigenvalue weighted by Crippen LogP contribution is 2.43. The minimum Gasteiger partial charge on any atom is -0.323 e. The molecule has 0 aromatic carbocycles. The van der Waals surface area contributed by atoms with Crippen LogP contribution < -0.4 is 5.73 Å². The molecule has 0 saturated heterocycles. The molecule has 4 heteroatoms. The molecule has 0 fully saturated rings. The van der Waals surface area contributed by atoms with Crippen molar-refractivity contribution in [1.29, 1.82) is 0 Å². The maximum Gasteiger partial charge on any atom is 0.168 e. The van der Waals surface area contributed by atoms with Gasteiger partial charge in [-0.1, -0.05) is 11.8 Å². The Labute approximate surface area is 82.1 Å². The summed E-state index contributed by atoms with van der Waals surface area (Å²) in [7, 11) is 0. The van der Waals surface area contributed by atoms with Gasteiger partial charge in [0.1, 0.15) is 0 Å². The van der Waals surface area contributed by atoms with Crippen LogP contribution in [-0.2, 0) is 0 Å². The molecule has 2 N–H and O–H groups in total. The number of aliphatic imine (C=N–C) groups is 1. The van der Waals surface area contributed by atoms with E-state index in [0.29, 0.717) is 0 Å². The molecule has 1 atom stereocenters. The van der Waals surface area contributed by atoms with E-state index in [1.165, 1.54) is 28.6 Å². The van der Waals surface area contributed by atoms with Crippen LogP contribution in [0.15, 0.2) is 15.6 Å². The van der Waals surface area contributed by atoms with E-state index in [4.69, 9.17) is 5.73 Å². The Morgan fingerprint density at radius 3 is 3.38 bits per heavy atom. The van der Waals surface area contributed by atoms with Gasteiger partial charge in [0.05, 0.1) is 6.54 Å².